The molecule has 1 aliphatic carbocycles. The molecular weight excluding hydrogens is 372 g/mol. The van der Waals surface area contributed by atoms with Crippen molar-refractivity contribution in [3.8, 4) is 0 Å². The molecule has 0 N–H and O–H groups in total. The lowest BCUT2D eigenvalue weighted by molar-refractivity contribution is -0.161. The van der Waals surface area contributed by atoms with Crippen LogP contribution in [0.25, 0.3) is 0 Å². The van der Waals surface area contributed by atoms with Gasteiger partial charge in [-0.3, -0.25) is 0 Å². The molecule has 3 aliphatic heterocycles. The van der Waals surface area contributed by atoms with Crippen LogP contribution in [-0.2, 0) is 28.4 Å². The van der Waals surface area contributed by atoms with Gasteiger partial charge in [0.2, 0.25) is 0 Å². The van der Waals surface area contributed by atoms with E-state index in [2.05, 4.69) is 34.6 Å². The quantitative estimate of drug-likeness (QED) is 0.610. The lowest BCUT2D eigenvalue weighted by Crippen LogP contribution is -2.57. The van der Waals surface area contributed by atoms with Gasteiger partial charge in [0.05, 0.1) is 49.7 Å². The largest absolute Gasteiger partial charge is 0.382 e. The number of hydrogen-bond acceptors (Lipinski definition) is 6. The zero-order chi connectivity index (χ0) is 21.0. The predicted octanol–water partition coefficient (Wildman–Crippen LogP) is 3.27. The molecule has 0 radical (unpaired) electrons. The molecule has 0 bridgehead atoms. The van der Waals surface area contributed by atoms with E-state index in [1.807, 2.05) is 7.11 Å². The van der Waals surface area contributed by atoms with Crippen LogP contribution in [-0.4, -0.2) is 71.4 Å². The van der Waals surface area contributed by atoms with Gasteiger partial charge >= 0.3 is 0 Å². The lowest BCUT2D eigenvalue weighted by Gasteiger charge is -2.49. The second-order valence-corrected chi connectivity index (χ2v) is 11.0. The van der Waals surface area contributed by atoms with E-state index in [9.17, 15) is 0 Å². The van der Waals surface area contributed by atoms with Crippen LogP contribution >= 0.6 is 0 Å². The molecule has 8 atom stereocenters. The van der Waals surface area contributed by atoms with Gasteiger partial charge in [0.15, 0.2) is 6.29 Å². The van der Waals surface area contributed by atoms with Crippen molar-refractivity contribution in [2.24, 2.45) is 28.1 Å². The highest BCUT2D eigenvalue weighted by Gasteiger charge is 2.83. The Morgan fingerprint density at radius 3 is 2.41 bits per heavy atom. The van der Waals surface area contributed by atoms with E-state index in [0.717, 1.165) is 19.4 Å². The van der Waals surface area contributed by atoms with Crippen molar-refractivity contribution in [1.82, 2.24) is 0 Å². The van der Waals surface area contributed by atoms with Crippen molar-refractivity contribution in [2.45, 2.75) is 78.2 Å². The summed E-state index contributed by atoms with van der Waals surface area (Å²) in [5, 5.41) is 0. The first kappa shape index (κ1) is 22.0. The Labute approximate surface area is 175 Å². The molecule has 0 aromatic carbocycles. The third kappa shape index (κ3) is 3.05. The average Bonchev–Trinajstić information content (AvgIpc) is 3.31. The minimum absolute atomic E-state index is 0.00159. The fraction of sp³-hybridized carbons (Fsp3) is 1.00. The zero-order valence-electron chi connectivity index (χ0n) is 19.2. The van der Waals surface area contributed by atoms with Crippen molar-refractivity contribution in [2.75, 3.05) is 40.6 Å². The SMILES string of the molecule is COCC(CC12C3C[C@@H](C(C)(C)C)C14C(OC[C@@H]4OC)OC2CO3)OCC(C)C. The highest BCUT2D eigenvalue weighted by atomic mass is 16.7. The van der Waals surface area contributed by atoms with Crippen molar-refractivity contribution < 1.29 is 28.4 Å². The minimum Gasteiger partial charge on any atom is -0.382 e. The monoisotopic (exact) mass is 412 g/mol. The maximum absolute atomic E-state index is 6.58. The third-order valence-electron chi connectivity index (χ3n) is 7.95. The summed E-state index contributed by atoms with van der Waals surface area (Å²) in [4.78, 5) is 0. The molecule has 0 aromatic heterocycles. The summed E-state index contributed by atoms with van der Waals surface area (Å²) in [6.45, 7) is 13.9. The zero-order valence-corrected chi connectivity index (χ0v) is 19.2. The molecule has 3 saturated heterocycles. The first-order valence-corrected chi connectivity index (χ1v) is 11.2. The summed E-state index contributed by atoms with van der Waals surface area (Å²) < 4.78 is 37.3. The Morgan fingerprint density at radius 2 is 1.79 bits per heavy atom. The minimum atomic E-state index is -0.233. The Morgan fingerprint density at radius 1 is 1.03 bits per heavy atom. The fourth-order valence-corrected chi connectivity index (χ4v) is 7.08. The van der Waals surface area contributed by atoms with Crippen LogP contribution in [0.2, 0.25) is 0 Å². The van der Waals surface area contributed by atoms with Gasteiger partial charge in [0.25, 0.3) is 0 Å². The van der Waals surface area contributed by atoms with Crippen molar-refractivity contribution in [3.63, 3.8) is 0 Å². The Bertz CT molecular complexity index is 584. The number of ether oxygens (including phenoxy) is 6. The molecule has 6 unspecified atom stereocenters. The van der Waals surface area contributed by atoms with Crippen LogP contribution in [0.3, 0.4) is 0 Å². The summed E-state index contributed by atoms with van der Waals surface area (Å²) >= 11 is 0. The van der Waals surface area contributed by atoms with Crippen molar-refractivity contribution in [1.29, 1.82) is 0 Å². The molecule has 168 valence electrons. The summed E-state index contributed by atoms with van der Waals surface area (Å²) in [6.07, 6.45) is 1.81. The normalized spacial score (nSPS) is 44.5. The fourth-order valence-electron chi connectivity index (χ4n) is 7.08. The molecule has 29 heavy (non-hydrogen) atoms. The topological polar surface area (TPSA) is 55.4 Å². The molecule has 4 aliphatic rings. The molecule has 1 saturated carbocycles. The summed E-state index contributed by atoms with van der Waals surface area (Å²) in [6, 6.07) is 0. The molecule has 6 nitrogen and oxygen atoms in total. The van der Waals surface area contributed by atoms with E-state index in [-0.39, 0.29) is 47.0 Å². The molecule has 3 heterocycles. The van der Waals surface area contributed by atoms with Gasteiger partial charge in [-0.25, -0.2) is 0 Å². The van der Waals surface area contributed by atoms with E-state index < -0.39 is 0 Å². The van der Waals surface area contributed by atoms with E-state index in [4.69, 9.17) is 28.4 Å². The molecular formula is C23H40O6. The Kier molecular flexibility index (Phi) is 5.85. The van der Waals surface area contributed by atoms with Gasteiger partial charge in [0, 0.05) is 26.2 Å². The van der Waals surface area contributed by atoms with E-state index in [1.54, 1.807) is 7.11 Å². The van der Waals surface area contributed by atoms with Crippen LogP contribution < -0.4 is 0 Å². The predicted molar refractivity (Wildman–Crippen MR) is 109 cm³/mol. The van der Waals surface area contributed by atoms with Crippen molar-refractivity contribution in [3.05, 3.63) is 0 Å². The van der Waals surface area contributed by atoms with Crippen molar-refractivity contribution >= 4 is 0 Å². The van der Waals surface area contributed by atoms with Crippen LogP contribution in [0.4, 0.5) is 0 Å². The molecule has 4 fully saturated rings. The maximum Gasteiger partial charge on any atom is 0.167 e. The summed E-state index contributed by atoms with van der Waals surface area (Å²) in [5.74, 6) is 0.866. The van der Waals surface area contributed by atoms with Crippen LogP contribution in [0.1, 0.15) is 47.5 Å². The smallest absolute Gasteiger partial charge is 0.167 e. The molecule has 0 aromatic rings. The van der Waals surface area contributed by atoms with E-state index in [0.29, 0.717) is 31.7 Å². The van der Waals surface area contributed by atoms with Gasteiger partial charge in [-0.15, -0.1) is 0 Å². The van der Waals surface area contributed by atoms with Gasteiger partial charge in [-0.1, -0.05) is 34.6 Å². The second kappa shape index (κ2) is 7.72. The standard InChI is InChI=1S/C23H40O6/c1-14(2)10-26-15(11-24-6)9-22-17-8-16(21(3,4)5)23(22)19(25-7)13-28-20(23)29-18(22)12-27-17/h14-20H,8-13H2,1-7H3/t15?,16-,17?,18?,19-,20?,22?,23?/m0/s1. The Balaban J connectivity index is 1.76. The van der Waals surface area contributed by atoms with Crippen LogP contribution in [0, 0.1) is 28.1 Å². The van der Waals surface area contributed by atoms with Gasteiger partial charge in [-0.05, 0) is 30.1 Å². The highest BCUT2D eigenvalue weighted by Crippen LogP contribution is 2.76. The number of hydrogen-bond donors (Lipinski definition) is 0. The first-order valence-electron chi connectivity index (χ1n) is 11.2. The highest BCUT2D eigenvalue weighted by molar-refractivity contribution is 5.27. The number of methoxy groups -OCH3 is 2. The number of rotatable bonds is 8. The van der Waals surface area contributed by atoms with Gasteiger partial charge in [0.1, 0.15) is 0 Å². The van der Waals surface area contributed by atoms with E-state index >= 15 is 0 Å². The van der Waals surface area contributed by atoms with Gasteiger partial charge < -0.3 is 28.4 Å². The van der Waals surface area contributed by atoms with Crippen LogP contribution in [0.5, 0.6) is 0 Å². The molecule has 4 rings (SSSR count). The molecule has 0 amide bonds. The molecule has 6 heteroatoms. The average molecular weight is 413 g/mol. The van der Waals surface area contributed by atoms with Gasteiger partial charge in [-0.2, -0.15) is 0 Å². The molecule has 1 spiro atoms. The lowest BCUT2D eigenvalue weighted by atomic mass is 9.53. The first-order chi connectivity index (χ1) is 13.7. The summed E-state index contributed by atoms with van der Waals surface area (Å²) in [5.41, 5.74) is -0.302. The maximum atomic E-state index is 6.58. The van der Waals surface area contributed by atoms with Crippen LogP contribution in [0.15, 0.2) is 0 Å². The van der Waals surface area contributed by atoms with E-state index in [1.165, 1.54) is 0 Å². The Hall–Kier alpha value is -0.240. The second-order valence-electron chi connectivity index (χ2n) is 11.0. The summed E-state index contributed by atoms with van der Waals surface area (Å²) in [7, 11) is 3.57. The third-order valence-corrected chi connectivity index (χ3v) is 7.95.